The van der Waals surface area contributed by atoms with Crippen LogP contribution in [0.5, 0.6) is 0 Å². The number of nitrogens with one attached hydrogen (secondary N) is 1. The quantitative estimate of drug-likeness (QED) is 0.690. The van der Waals surface area contributed by atoms with Gasteiger partial charge in [-0.25, -0.2) is 16.8 Å². The summed E-state index contributed by atoms with van der Waals surface area (Å²) in [5.41, 5.74) is 0.170. The van der Waals surface area contributed by atoms with Crippen molar-refractivity contribution in [3.63, 3.8) is 0 Å². The molecular weight excluding hydrogens is 464 g/mol. The van der Waals surface area contributed by atoms with Crippen LogP contribution in [0.1, 0.15) is 23.3 Å². The molecule has 1 N–H and O–H groups in total. The highest BCUT2D eigenvalue weighted by Crippen LogP contribution is 2.23. The number of amides is 1. The van der Waals surface area contributed by atoms with Crippen LogP contribution in [0.3, 0.4) is 0 Å². The van der Waals surface area contributed by atoms with E-state index in [0.29, 0.717) is 18.1 Å². The maximum atomic E-state index is 12.8. The zero-order valence-electron chi connectivity index (χ0n) is 16.7. The topological polar surface area (TPSA) is 111 Å². The lowest BCUT2D eigenvalue weighted by atomic mass is 10.3. The molecule has 31 heavy (non-hydrogen) atoms. The van der Waals surface area contributed by atoms with Crippen LogP contribution < -0.4 is 0 Å². The lowest BCUT2D eigenvalue weighted by molar-refractivity contribution is 0.0692. The summed E-state index contributed by atoms with van der Waals surface area (Å²) in [6.45, 7) is 1.65. The van der Waals surface area contributed by atoms with Crippen LogP contribution in [-0.2, 0) is 20.0 Å². The number of carbonyl (C=O) groups excluding carboxylic acids is 1. The number of piperazine rings is 1. The van der Waals surface area contributed by atoms with Crippen LogP contribution in [0.25, 0.3) is 0 Å². The van der Waals surface area contributed by atoms with Gasteiger partial charge in [0.25, 0.3) is 5.91 Å². The highest BCUT2D eigenvalue weighted by molar-refractivity contribution is 7.89. The average Bonchev–Trinajstić information content (AvgIpc) is 3.46. The molecule has 2 aromatic rings. The third-order valence-electron chi connectivity index (χ3n) is 5.55. The smallest absolute Gasteiger partial charge is 0.270 e. The number of aromatic amines is 1. The number of nitrogens with zero attached hydrogens (tertiary/aromatic N) is 3. The molecule has 0 saturated carbocycles. The maximum Gasteiger partial charge on any atom is 0.270 e. The fourth-order valence-electron chi connectivity index (χ4n) is 3.80. The largest absolute Gasteiger partial charge is 0.356 e. The van der Waals surface area contributed by atoms with Gasteiger partial charge in [0.2, 0.25) is 20.0 Å². The second-order valence-electron chi connectivity index (χ2n) is 7.51. The zero-order valence-corrected chi connectivity index (χ0v) is 19.1. The standard InChI is InChI=1S/C19H23ClN4O5S2/c20-15-4-3-5-16(12-15)30(26,27)24-10-8-22(9-11-24)19(25)18-13-17(14-21-18)31(28,29)23-6-1-2-7-23/h3-5,12-14,21H,1-2,6-11H2. The Morgan fingerprint density at radius 2 is 1.45 bits per heavy atom. The van der Waals surface area contributed by atoms with E-state index in [-0.39, 0.29) is 47.6 Å². The van der Waals surface area contributed by atoms with Gasteiger partial charge in [0.05, 0.1) is 4.90 Å². The molecule has 4 rings (SSSR count). The Morgan fingerprint density at radius 1 is 0.839 bits per heavy atom. The predicted molar refractivity (Wildman–Crippen MR) is 115 cm³/mol. The fourth-order valence-corrected chi connectivity index (χ4v) is 7.04. The number of sulfonamides is 2. The molecule has 1 amide bonds. The summed E-state index contributed by atoms with van der Waals surface area (Å²) >= 11 is 5.91. The van der Waals surface area contributed by atoms with Gasteiger partial charge in [-0.2, -0.15) is 8.61 Å². The van der Waals surface area contributed by atoms with Gasteiger partial charge >= 0.3 is 0 Å². The second kappa shape index (κ2) is 8.55. The molecule has 9 nitrogen and oxygen atoms in total. The molecule has 0 spiro atoms. The van der Waals surface area contributed by atoms with Crippen molar-refractivity contribution in [2.75, 3.05) is 39.3 Å². The minimum atomic E-state index is -3.70. The average molecular weight is 487 g/mol. The Hall–Kier alpha value is -1.92. The van der Waals surface area contributed by atoms with Crippen LogP contribution in [0.15, 0.2) is 46.3 Å². The summed E-state index contributed by atoms with van der Waals surface area (Å²) in [5.74, 6) is -0.359. The third-order valence-corrected chi connectivity index (χ3v) is 9.56. The van der Waals surface area contributed by atoms with Crippen molar-refractivity contribution in [2.24, 2.45) is 0 Å². The summed E-state index contributed by atoms with van der Waals surface area (Å²) in [7, 11) is -7.32. The molecule has 12 heteroatoms. The number of aromatic nitrogens is 1. The van der Waals surface area contributed by atoms with Gasteiger partial charge in [-0.1, -0.05) is 17.7 Å². The first-order chi connectivity index (χ1) is 14.7. The lowest BCUT2D eigenvalue weighted by Crippen LogP contribution is -2.50. The summed E-state index contributed by atoms with van der Waals surface area (Å²) in [6, 6.07) is 7.42. The molecular formula is C19H23ClN4O5S2. The van der Waals surface area contributed by atoms with Crippen LogP contribution in [0.2, 0.25) is 5.02 Å². The van der Waals surface area contributed by atoms with E-state index < -0.39 is 20.0 Å². The van der Waals surface area contributed by atoms with Gasteiger partial charge in [0, 0.05) is 50.5 Å². The van der Waals surface area contributed by atoms with Gasteiger partial charge < -0.3 is 9.88 Å². The van der Waals surface area contributed by atoms with Crippen LogP contribution in [0.4, 0.5) is 0 Å². The van der Waals surface area contributed by atoms with E-state index in [1.165, 1.54) is 37.9 Å². The normalized spacial score (nSPS) is 19.1. The minimum absolute atomic E-state index is 0.0694. The van der Waals surface area contributed by atoms with E-state index in [9.17, 15) is 21.6 Å². The SMILES string of the molecule is O=C(c1cc(S(=O)(=O)N2CCCC2)c[nH]1)N1CCN(S(=O)(=O)c2cccc(Cl)c2)CC1. The predicted octanol–water partition coefficient (Wildman–Crippen LogP) is 1.60. The van der Waals surface area contributed by atoms with Crippen molar-refractivity contribution in [3.8, 4) is 0 Å². The number of benzene rings is 1. The number of rotatable bonds is 5. The summed E-state index contributed by atoms with van der Waals surface area (Å²) in [6.07, 6.45) is 3.00. The van der Waals surface area contributed by atoms with E-state index in [2.05, 4.69) is 4.98 Å². The summed E-state index contributed by atoms with van der Waals surface area (Å²) in [5, 5.41) is 0.335. The number of carbonyl (C=O) groups is 1. The van der Waals surface area contributed by atoms with Crippen molar-refractivity contribution in [1.82, 2.24) is 18.5 Å². The van der Waals surface area contributed by atoms with Gasteiger partial charge in [-0.05, 0) is 37.1 Å². The van der Waals surface area contributed by atoms with Gasteiger partial charge in [0.1, 0.15) is 10.6 Å². The van der Waals surface area contributed by atoms with E-state index in [1.54, 1.807) is 12.1 Å². The Bertz CT molecular complexity index is 1180. The molecule has 2 aliphatic heterocycles. The first kappa shape index (κ1) is 22.3. The zero-order chi connectivity index (χ0) is 22.2. The van der Waals surface area contributed by atoms with Gasteiger partial charge in [-0.3, -0.25) is 4.79 Å². The number of halogens is 1. The second-order valence-corrected chi connectivity index (χ2v) is 11.8. The molecule has 1 aromatic heterocycles. The molecule has 2 fully saturated rings. The van der Waals surface area contributed by atoms with Crippen molar-refractivity contribution in [3.05, 3.63) is 47.2 Å². The molecule has 3 heterocycles. The van der Waals surface area contributed by atoms with E-state index in [4.69, 9.17) is 11.6 Å². The minimum Gasteiger partial charge on any atom is -0.356 e. The summed E-state index contributed by atoms with van der Waals surface area (Å²) < 4.78 is 53.7. The Labute approximate surface area is 186 Å². The molecule has 0 aliphatic carbocycles. The summed E-state index contributed by atoms with van der Waals surface area (Å²) in [4.78, 5) is 17.3. The van der Waals surface area contributed by atoms with Crippen molar-refractivity contribution < 1.29 is 21.6 Å². The molecule has 2 aliphatic rings. The lowest BCUT2D eigenvalue weighted by Gasteiger charge is -2.33. The van der Waals surface area contributed by atoms with Crippen LogP contribution >= 0.6 is 11.6 Å². The Kier molecular flexibility index (Phi) is 6.14. The van der Waals surface area contributed by atoms with Crippen molar-refractivity contribution >= 4 is 37.6 Å². The maximum absolute atomic E-state index is 12.8. The monoisotopic (exact) mass is 486 g/mol. The van der Waals surface area contributed by atoms with E-state index in [1.807, 2.05) is 0 Å². The van der Waals surface area contributed by atoms with Gasteiger partial charge in [0.15, 0.2) is 0 Å². The third kappa shape index (κ3) is 4.37. The molecule has 0 unspecified atom stereocenters. The molecule has 1 aromatic carbocycles. The Morgan fingerprint density at radius 3 is 2.10 bits per heavy atom. The van der Waals surface area contributed by atoms with Crippen molar-refractivity contribution in [1.29, 1.82) is 0 Å². The molecule has 168 valence electrons. The van der Waals surface area contributed by atoms with Gasteiger partial charge in [-0.15, -0.1) is 0 Å². The highest BCUT2D eigenvalue weighted by Gasteiger charge is 2.32. The highest BCUT2D eigenvalue weighted by atomic mass is 35.5. The van der Waals surface area contributed by atoms with E-state index >= 15 is 0 Å². The Balaban J connectivity index is 1.43. The van der Waals surface area contributed by atoms with E-state index in [0.717, 1.165) is 12.8 Å². The molecule has 2 saturated heterocycles. The molecule has 0 bridgehead atoms. The molecule has 0 atom stereocenters. The number of H-pyrrole nitrogens is 1. The van der Waals surface area contributed by atoms with Crippen molar-refractivity contribution in [2.45, 2.75) is 22.6 Å². The fraction of sp³-hybridized carbons (Fsp3) is 0.421. The number of hydrogen-bond acceptors (Lipinski definition) is 5. The van der Waals surface area contributed by atoms with Crippen LogP contribution in [-0.4, -0.2) is 80.5 Å². The van der Waals surface area contributed by atoms with Crippen LogP contribution in [0, 0.1) is 0 Å². The first-order valence-corrected chi connectivity index (χ1v) is 13.2. The number of hydrogen-bond donors (Lipinski definition) is 1. The first-order valence-electron chi connectivity index (χ1n) is 9.93. The molecule has 0 radical (unpaired) electrons.